The molecule has 0 spiro atoms. The highest BCUT2D eigenvalue weighted by Crippen LogP contribution is 2.25. The van der Waals surface area contributed by atoms with Crippen molar-refractivity contribution in [1.29, 1.82) is 0 Å². The molecule has 4 nitrogen and oxygen atoms in total. The lowest BCUT2D eigenvalue weighted by atomic mass is 10.2. The first kappa shape index (κ1) is 15.4. The number of benzene rings is 1. The van der Waals surface area contributed by atoms with Crippen molar-refractivity contribution >= 4 is 22.7 Å². The fraction of sp³-hybridized carbons (Fsp3) is 0.429. The molecule has 3 rings (SSSR count). The van der Waals surface area contributed by atoms with E-state index in [1.165, 1.54) is 0 Å². The minimum Gasteiger partial charge on any atom is -0.381 e. The SMILES string of the molecule is O=c1[nH]c(CSC2CCOCC2)nc2cc(F)c(F)c(F)c12. The number of nitrogens with zero attached hydrogens (tertiary/aromatic N) is 1. The number of thioether (sulfide) groups is 1. The Labute approximate surface area is 128 Å². The molecule has 0 amide bonds. The van der Waals surface area contributed by atoms with Crippen LogP contribution in [0.3, 0.4) is 0 Å². The van der Waals surface area contributed by atoms with Crippen molar-refractivity contribution in [2.75, 3.05) is 13.2 Å². The predicted molar refractivity (Wildman–Crippen MR) is 77.4 cm³/mol. The van der Waals surface area contributed by atoms with Gasteiger partial charge in [-0.1, -0.05) is 0 Å². The van der Waals surface area contributed by atoms with Crippen LogP contribution in [0, 0.1) is 17.5 Å². The van der Waals surface area contributed by atoms with Crippen molar-refractivity contribution in [3.05, 3.63) is 39.7 Å². The third-order valence-electron chi connectivity index (χ3n) is 3.51. The van der Waals surface area contributed by atoms with Gasteiger partial charge in [0.15, 0.2) is 17.5 Å². The van der Waals surface area contributed by atoms with E-state index >= 15 is 0 Å². The summed E-state index contributed by atoms with van der Waals surface area (Å²) in [5, 5.41) is -0.157. The van der Waals surface area contributed by atoms with Gasteiger partial charge >= 0.3 is 0 Å². The smallest absolute Gasteiger partial charge is 0.261 e. The average molecular weight is 330 g/mol. The van der Waals surface area contributed by atoms with Crippen LogP contribution in [0.1, 0.15) is 18.7 Å². The van der Waals surface area contributed by atoms with Crippen molar-refractivity contribution in [2.45, 2.75) is 23.8 Å². The quantitative estimate of drug-likeness (QED) is 0.879. The zero-order valence-electron chi connectivity index (χ0n) is 11.5. The van der Waals surface area contributed by atoms with E-state index in [-0.39, 0.29) is 5.52 Å². The maximum Gasteiger partial charge on any atom is 0.261 e. The molecule has 1 aliphatic rings. The third kappa shape index (κ3) is 2.98. The first-order valence-electron chi connectivity index (χ1n) is 6.82. The van der Waals surface area contributed by atoms with Crippen LogP contribution in [0.25, 0.3) is 10.9 Å². The number of ether oxygens (including phenoxy) is 1. The Kier molecular flexibility index (Phi) is 4.39. The Morgan fingerprint density at radius 2 is 2.00 bits per heavy atom. The molecule has 8 heteroatoms. The van der Waals surface area contributed by atoms with E-state index in [1.807, 2.05) is 0 Å². The summed E-state index contributed by atoms with van der Waals surface area (Å²) in [6.45, 7) is 1.41. The van der Waals surface area contributed by atoms with E-state index in [0.29, 0.717) is 30.0 Å². The molecule has 118 valence electrons. The van der Waals surface area contributed by atoms with Crippen LogP contribution < -0.4 is 5.56 Å². The Morgan fingerprint density at radius 3 is 2.73 bits per heavy atom. The topological polar surface area (TPSA) is 55.0 Å². The molecule has 22 heavy (non-hydrogen) atoms. The van der Waals surface area contributed by atoms with E-state index in [0.717, 1.165) is 18.9 Å². The number of hydrogen-bond acceptors (Lipinski definition) is 4. The summed E-state index contributed by atoms with van der Waals surface area (Å²) in [6.07, 6.45) is 1.83. The van der Waals surface area contributed by atoms with Crippen molar-refractivity contribution < 1.29 is 17.9 Å². The zero-order valence-corrected chi connectivity index (χ0v) is 12.3. The van der Waals surface area contributed by atoms with Crippen LogP contribution >= 0.6 is 11.8 Å². The van der Waals surface area contributed by atoms with Crippen LogP contribution in [0.4, 0.5) is 13.2 Å². The van der Waals surface area contributed by atoms with Gasteiger partial charge < -0.3 is 9.72 Å². The van der Waals surface area contributed by atoms with Gasteiger partial charge in [0.2, 0.25) is 0 Å². The summed E-state index contributed by atoms with van der Waals surface area (Å²) >= 11 is 1.61. The van der Waals surface area contributed by atoms with E-state index in [4.69, 9.17) is 4.74 Å². The highest BCUT2D eigenvalue weighted by molar-refractivity contribution is 7.99. The lowest BCUT2D eigenvalue weighted by Gasteiger charge is -2.21. The number of fused-ring (bicyclic) bond motifs is 1. The number of hydrogen-bond donors (Lipinski definition) is 1. The summed E-state index contributed by atoms with van der Waals surface area (Å²) in [4.78, 5) is 18.3. The summed E-state index contributed by atoms with van der Waals surface area (Å²) in [5.74, 6) is -3.79. The number of aromatic amines is 1. The summed E-state index contributed by atoms with van der Waals surface area (Å²) < 4.78 is 45.3. The molecule has 2 heterocycles. The van der Waals surface area contributed by atoms with Gasteiger partial charge in [0.05, 0.1) is 11.3 Å². The molecule has 0 aliphatic carbocycles. The molecule has 0 unspecified atom stereocenters. The second-order valence-electron chi connectivity index (χ2n) is 5.02. The van der Waals surface area contributed by atoms with E-state index in [1.54, 1.807) is 11.8 Å². The highest BCUT2D eigenvalue weighted by Gasteiger charge is 2.19. The fourth-order valence-electron chi connectivity index (χ4n) is 2.36. The summed E-state index contributed by atoms with van der Waals surface area (Å²) in [7, 11) is 0. The molecule has 2 aromatic rings. The molecule has 0 bridgehead atoms. The molecule has 0 atom stereocenters. The van der Waals surface area contributed by atoms with E-state index in [9.17, 15) is 18.0 Å². The maximum absolute atomic E-state index is 13.6. The van der Waals surface area contributed by atoms with Crippen LogP contribution in [-0.2, 0) is 10.5 Å². The van der Waals surface area contributed by atoms with Crippen molar-refractivity contribution in [3.8, 4) is 0 Å². The molecule has 1 aromatic heterocycles. The second-order valence-corrected chi connectivity index (χ2v) is 6.30. The first-order chi connectivity index (χ1) is 10.6. The molecule has 1 aliphatic heterocycles. The van der Waals surface area contributed by atoms with Gasteiger partial charge in [0.25, 0.3) is 5.56 Å². The molecule has 1 N–H and O–H groups in total. The number of aromatic nitrogens is 2. The molecular formula is C14H13F3N2O2S. The highest BCUT2D eigenvalue weighted by atomic mass is 32.2. The van der Waals surface area contributed by atoms with Crippen molar-refractivity contribution in [2.24, 2.45) is 0 Å². The first-order valence-corrected chi connectivity index (χ1v) is 7.87. The zero-order chi connectivity index (χ0) is 15.7. The largest absolute Gasteiger partial charge is 0.381 e. The normalized spacial score (nSPS) is 16.3. The minimum absolute atomic E-state index is 0.178. The lowest BCUT2D eigenvalue weighted by molar-refractivity contribution is 0.1000. The molecular weight excluding hydrogens is 317 g/mol. The van der Waals surface area contributed by atoms with Crippen LogP contribution in [-0.4, -0.2) is 28.4 Å². The summed E-state index contributed by atoms with van der Waals surface area (Å²) in [6, 6.07) is 0.742. The van der Waals surface area contributed by atoms with Gasteiger partial charge in [-0.3, -0.25) is 4.79 Å². The molecule has 0 saturated carbocycles. The molecule has 1 saturated heterocycles. The number of halogens is 3. The van der Waals surface area contributed by atoms with Crippen LogP contribution in [0.2, 0.25) is 0 Å². The van der Waals surface area contributed by atoms with E-state index in [2.05, 4.69) is 9.97 Å². The Bertz CT molecular complexity index is 760. The fourth-order valence-corrected chi connectivity index (χ4v) is 3.42. The Morgan fingerprint density at radius 1 is 1.27 bits per heavy atom. The molecule has 0 radical (unpaired) electrons. The monoisotopic (exact) mass is 330 g/mol. The molecule has 1 fully saturated rings. The maximum atomic E-state index is 13.6. The van der Waals surface area contributed by atoms with Gasteiger partial charge in [0, 0.05) is 24.5 Å². The van der Waals surface area contributed by atoms with Crippen LogP contribution in [0.5, 0.6) is 0 Å². The van der Waals surface area contributed by atoms with E-state index < -0.39 is 28.4 Å². The molecule has 1 aromatic carbocycles. The minimum atomic E-state index is -1.66. The third-order valence-corrected chi connectivity index (χ3v) is 4.89. The van der Waals surface area contributed by atoms with Gasteiger partial charge in [0.1, 0.15) is 11.2 Å². The van der Waals surface area contributed by atoms with Crippen molar-refractivity contribution in [1.82, 2.24) is 9.97 Å². The van der Waals surface area contributed by atoms with Gasteiger partial charge in [-0.15, -0.1) is 0 Å². The second kappa shape index (κ2) is 6.29. The Balaban J connectivity index is 1.88. The van der Waals surface area contributed by atoms with Gasteiger partial charge in [-0.2, -0.15) is 11.8 Å². The number of nitrogens with one attached hydrogen (secondary N) is 1. The number of H-pyrrole nitrogens is 1. The standard InChI is InChI=1S/C14H13F3N2O2S/c15-8-5-9-11(13(17)12(8)16)14(20)19-10(18-9)6-22-7-1-3-21-4-2-7/h5,7H,1-4,6H2,(H,18,19,20). The van der Waals surface area contributed by atoms with Crippen LogP contribution in [0.15, 0.2) is 10.9 Å². The van der Waals surface area contributed by atoms with Gasteiger partial charge in [-0.25, -0.2) is 18.2 Å². The number of rotatable bonds is 3. The Hall–Kier alpha value is -1.54. The van der Waals surface area contributed by atoms with Gasteiger partial charge in [-0.05, 0) is 12.8 Å². The lowest BCUT2D eigenvalue weighted by Crippen LogP contribution is -2.19. The predicted octanol–water partition coefficient (Wildman–Crippen LogP) is 2.75. The summed E-state index contributed by atoms with van der Waals surface area (Å²) in [5.41, 5.74) is -0.980. The van der Waals surface area contributed by atoms with Crippen molar-refractivity contribution in [3.63, 3.8) is 0 Å². The average Bonchev–Trinajstić information content (AvgIpc) is 2.51.